The molecule has 0 saturated heterocycles. The Kier molecular flexibility index (Phi) is 8.46. The summed E-state index contributed by atoms with van der Waals surface area (Å²) in [6.45, 7) is 9.45. The van der Waals surface area contributed by atoms with Crippen LogP contribution in [0.25, 0.3) is 0 Å². The molecule has 0 fully saturated rings. The number of carbonyl (C=O) groups excluding carboxylic acids is 2. The number of ether oxygens (including phenoxy) is 2. The fourth-order valence-electron chi connectivity index (χ4n) is 6.80. The van der Waals surface area contributed by atoms with Gasteiger partial charge in [0.25, 0.3) is 0 Å². The number of allylic oxidation sites excluding steroid dienone is 4. The summed E-state index contributed by atoms with van der Waals surface area (Å²) in [5.74, 6) is -0.778. The van der Waals surface area contributed by atoms with E-state index in [1.165, 1.54) is 0 Å². The van der Waals surface area contributed by atoms with E-state index in [0.29, 0.717) is 61.6 Å². The number of Topliss-reactive ketones (excluding diaryl/α,β-unsaturated/α-hetero) is 2. The van der Waals surface area contributed by atoms with Gasteiger partial charge in [-0.25, -0.2) is 0 Å². The molecule has 0 saturated carbocycles. The van der Waals surface area contributed by atoms with E-state index in [0.717, 1.165) is 29.9 Å². The Labute approximate surface area is 260 Å². The highest BCUT2D eigenvalue weighted by Gasteiger charge is 2.48. The molecule has 8 nitrogen and oxygen atoms in total. The van der Waals surface area contributed by atoms with Crippen LogP contribution in [-0.4, -0.2) is 41.7 Å². The number of alkyl halides is 3. The van der Waals surface area contributed by atoms with E-state index in [-0.39, 0.29) is 33.9 Å². The summed E-state index contributed by atoms with van der Waals surface area (Å²) >= 11 is 0. The number of nitro groups is 1. The molecule has 2 aliphatic carbocycles. The average molecular weight is 627 g/mol. The van der Waals surface area contributed by atoms with E-state index >= 15 is 0 Å². The van der Waals surface area contributed by atoms with Crippen molar-refractivity contribution in [2.45, 2.75) is 71.9 Å². The third-order valence-electron chi connectivity index (χ3n) is 8.68. The second-order valence-corrected chi connectivity index (χ2v) is 13.6. The topological polar surface area (TPSA) is 99.0 Å². The van der Waals surface area contributed by atoms with Gasteiger partial charge in [-0.15, -0.1) is 0 Å². The van der Waals surface area contributed by atoms with Crippen molar-refractivity contribution in [1.82, 2.24) is 4.90 Å². The highest BCUT2D eigenvalue weighted by molar-refractivity contribution is 6.06. The Morgan fingerprint density at radius 2 is 1.47 bits per heavy atom. The smallest absolute Gasteiger partial charge is 0.416 e. The van der Waals surface area contributed by atoms with E-state index in [2.05, 4.69) is 32.6 Å². The minimum Gasteiger partial charge on any atom is -0.450 e. The molecule has 0 unspecified atom stereocenters. The van der Waals surface area contributed by atoms with Gasteiger partial charge < -0.3 is 14.4 Å². The number of nitro benzene ring substituents is 1. The van der Waals surface area contributed by atoms with Gasteiger partial charge in [0.15, 0.2) is 11.6 Å². The number of methoxy groups -OCH3 is 1. The summed E-state index contributed by atoms with van der Waals surface area (Å²) in [7, 11) is 1.64. The van der Waals surface area contributed by atoms with Gasteiger partial charge in [0.05, 0.1) is 10.5 Å². The van der Waals surface area contributed by atoms with Crippen LogP contribution < -0.4 is 4.74 Å². The molecule has 5 rings (SSSR count). The molecule has 3 aliphatic rings. The van der Waals surface area contributed by atoms with Crippen LogP contribution >= 0.6 is 0 Å². The standard InChI is InChI=1S/C34H37F3N2O6/c1-32(2)16-24-30(26(40)18-32)29(31-25(38(24)13-6-14-44-5)17-33(3,4)19-27(31)41)20-7-10-22(11-8-20)45-28-12-9-21(34(35,36)37)15-23(28)39(42)43/h7-12,15,29H,6,13-14,16-19H2,1-5H3. The van der Waals surface area contributed by atoms with Gasteiger partial charge >= 0.3 is 11.9 Å². The number of nitrogens with zero attached hydrogens (tertiary/aromatic N) is 2. The van der Waals surface area contributed by atoms with Crippen molar-refractivity contribution < 1.29 is 37.2 Å². The first-order valence-corrected chi connectivity index (χ1v) is 14.9. The van der Waals surface area contributed by atoms with Gasteiger partial charge in [-0.3, -0.25) is 19.7 Å². The van der Waals surface area contributed by atoms with Crippen LogP contribution in [0.5, 0.6) is 11.5 Å². The first kappa shape index (κ1) is 32.4. The summed E-state index contributed by atoms with van der Waals surface area (Å²) < 4.78 is 50.5. The highest BCUT2D eigenvalue weighted by atomic mass is 19.4. The Morgan fingerprint density at radius 3 is 1.96 bits per heavy atom. The van der Waals surface area contributed by atoms with Crippen molar-refractivity contribution in [2.24, 2.45) is 10.8 Å². The zero-order valence-electron chi connectivity index (χ0n) is 26.0. The molecule has 0 atom stereocenters. The van der Waals surface area contributed by atoms with Gasteiger partial charge in [0, 0.05) is 67.6 Å². The molecule has 240 valence electrons. The molecule has 0 spiro atoms. The predicted octanol–water partition coefficient (Wildman–Crippen LogP) is 8.13. The minimum absolute atomic E-state index is 0.00659. The third-order valence-corrected chi connectivity index (χ3v) is 8.68. The lowest BCUT2D eigenvalue weighted by molar-refractivity contribution is -0.385. The Morgan fingerprint density at radius 1 is 0.911 bits per heavy atom. The predicted molar refractivity (Wildman–Crippen MR) is 161 cm³/mol. The second-order valence-electron chi connectivity index (χ2n) is 13.6. The Hall–Kier alpha value is -3.99. The van der Waals surface area contributed by atoms with Crippen LogP contribution in [0.3, 0.4) is 0 Å². The van der Waals surface area contributed by atoms with E-state index in [1.54, 1.807) is 31.4 Å². The first-order valence-electron chi connectivity index (χ1n) is 14.9. The molecule has 0 bridgehead atoms. The fraction of sp³-hybridized carbons (Fsp3) is 0.471. The van der Waals surface area contributed by atoms with Crippen LogP contribution in [0.1, 0.15) is 76.8 Å². The maximum atomic E-state index is 13.9. The molecule has 0 N–H and O–H groups in total. The van der Waals surface area contributed by atoms with Crippen molar-refractivity contribution in [1.29, 1.82) is 0 Å². The fourth-order valence-corrected chi connectivity index (χ4v) is 6.80. The lowest BCUT2D eigenvalue weighted by Crippen LogP contribution is -2.44. The molecular formula is C34H37F3N2O6. The Balaban J connectivity index is 1.58. The number of ketones is 2. The van der Waals surface area contributed by atoms with Gasteiger partial charge in [-0.2, -0.15) is 13.2 Å². The molecule has 0 amide bonds. The summed E-state index contributed by atoms with van der Waals surface area (Å²) in [6, 6.07) is 8.63. The van der Waals surface area contributed by atoms with Gasteiger partial charge in [-0.1, -0.05) is 39.8 Å². The van der Waals surface area contributed by atoms with Crippen LogP contribution in [0, 0.1) is 20.9 Å². The summed E-state index contributed by atoms with van der Waals surface area (Å²) in [6.07, 6.45) is -2.00. The van der Waals surface area contributed by atoms with E-state index in [1.807, 2.05) is 0 Å². The van der Waals surface area contributed by atoms with Crippen molar-refractivity contribution in [3.05, 3.63) is 86.2 Å². The molecule has 1 aliphatic heterocycles. The lowest BCUT2D eigenvalue weighted by atomic mass is 9.63. The lowest BCUT2D eigenvalue weighted by Gasteiger charge is -2.49. The van der Waals surface area contributed by atoms with Crippen LogP contribution in [0.4, 0.5) is 18.9 Å². The number of benzene rings is 2. The molecule has 2 aromatic carbocycles. The van der Waals surface area contributed by atoms with Crippen molar-refractivity contribution in [2.75, 3.05) is 20.3 Å². The van der Waals surface area contributed by atoms with Crippen LogP contribution in [-0.2, 0) is 20.5 Å². The second kappa shape index (κ2) is 11.7. The number of rotatable bonds is 8. The molecule has 2 aromatic rings. The third kappa shape index (κ3) is 6.54. The number of carbonyl (C=O) groups is 2. The van der Waals surface area contributed by atoms with E-state index in [9.17, 15) is 32.9 Å². The SMILES string of the molecule is COCCCN1C2=C(C(=O)CC(C)(C)C2)C(c2ccc(Oc3ccc(C(F)(F)F)cc3[N+](=O)[O-])cc2)C2=C1CC(C)(C)CC2=O. The van der Waals surface area contributed by atoms with Crippen molar-refractivity contribution in [3.63, 3.8) is 0 Å². The minimum atomic E-state index is -4.75. The highest BCUT2D eigenvalue weighted by Crippen LogP contribution is 2.54. The quantitative estimate of drug-likeness (QED) is 0.166. The van der Waals surface area contributed by atoms with Gasteiger partial charge in [0.1, 0.15) is 5.75 Å². The number of halogens is 3. The number of hydrogen-bond acceptors (Lipinski definition) is 7. The van der Waals surface area contributed by atoms with E-state index < -0.39 is 28.3 Å². The summed E-state index contributed by atoms with van der Waals surface area (Å²) in [5, 5.41) is 11.6. The molecule has 1 heterocycles. The molecule has 0 radical (unpaired) electrons. The zero-order valence-corrected chi connectivity index (χ0v) is 26.0. The van der Waals surface area contributed by atoms with Gasteiger partial charge in [-0.05, 0) is 59.9 Å². The van der Waals surface area contributed by atoms with Crippen molar-refractivity contribution in [3.8, 4) is 11.5 Å². The normalized spacial score (nSPS) is 19.9. The monoisotopic (exact) mass is 626 g/mol. The van der Waals surface area contributed by atoms with E-state index in [4.69, 9.17) is 9.47 Å². The molecule has 11 heteroatoms. The average Bonchev–Trinajstić information content (AvgIpc) is 2.92. The zero-order chi connectivity index (χ0) is 32.9. The summed E-state index contributed by atoms with van der Waals surface area (Å²) in [4.78, 5) is 40.6. The summed E-state index contributed by atoms with van der Waals surface area (Å²) in [5.41, 5.74) is 1.30. The van der Waals surface area contributed by atoms with Crippen molar-refractivity contribution >= 4 is 17.3 Å². The largest absolute Gasteiger partial charge is 0.450 e. The van der Waals surface area contributed by atoms with Gasteiger partial charge in [0.2, 0.25) is 5.75 Å². The molecule has 0 aromatic heterocycles. The molecular weight excluding hydrogens is 589 g/mol. The molecule has 45 heavy (non-hydrogen) atoms. The number of hydrogen-bond donors (Lipinski definition) is 0. The Bertz CT molecular complexity index is 1550. The first-order chi connectivity index (χ1) is 21.0. The maximum absolute atomic E-state index is 13.9. The van der Waals surface area contributed by atoms with Crippen LogP contribution in [0.2, 0.25) is 0 Å². The van der Waals surface area contributed by atoms with Crippen LogP contribution in [0.15, 0.2) is 65.0 Å². The maximum Gasteiger partial charge on any atom is 0.416 e.